The second kappa shape index (κ2) is 44.3. The van der Waals surface area contributed by atoms with E-state index in [1.54, 1.807) is 48.5 Å². The molecule has 0 unspecified atom stereocenters. The van der Waals surface area contributed by atoms with Crippen LogP contribution in [0.4, 0.5) is 0 Å². The van der Waals surface area contributed by atoms with Crippen LogP contribution in [-0.4, -0.2) is 28.4 Å². The van der Waals surface area contributed by atoms with Crippen molar-refractivity contribution < 1.29 is 84.3 Å². The molecule has 0 bridgehead atoms. The summed E-state index contributed by atoms with van der Waals surface area (Å²) >= 11 is 0. The van der Waals surface area contributed by atoms with E-state index in [2.05, 4.69) is 0 Å². The molecule has 0 heterocycles. The van der Waals surface area contributed by atoms with Crippen LogP contribution < -0.4 is 40.9 Å². The fourth-order valence-electron chi connectivity index (χ4n) is 1.68. The van der Waals surface area contributed by atoms with Gasteiger partial charge in [-0.3, -0.25) is 0 Å². The molecule has 0 amide bonds. The average Bonchev–Trinajstić information content (AvgIpc) is 2.96. The maximum Gasteiger partial charge on any atom is 4.00 e. The summed E-state index contributed by atoms with van der Waals surface area (Å²) < 4.78 is 0. The van der Waals surface area contributed by atoms with Gasteiger partial charge in [-0.25, -0.2) is 0 Å². The summed E-state index contributed by atoms with van der Waals surface area (Å²) in [5, 5.41) is 74.1. The van der Waals surface area contributed by atoms with Crippen LogP contribution >= 0.6 is 0 Å². The van der Waals surface area contributed by atoms with Gasteiger partial charge in [0.05, 0.1) is 0 Å². The van der Waals surface area contributed by atoms with E-state index in [4.69, 9.17) is 20.4 Å². The van der Waals surface area contributed by atoms with Crippen LogP contribution in [0.1, 0.15) is 0 Å². The fourth-order valence-corrected chi connectivity index (χ4v) is 1.68. The Morgan fingerprint density at radius 3 is 0.421 bits per heavy atom. The van der Waals surface area contributed by atoms with Gasteiger partial charge in [-0.15, -0.1) is 23.0 Å². The van der Waals surface area contributed by atoms with Crippen molar-refractivity contribution >= 4 is 0 Å². The zero-order chi connectivity index (χ0) is 28.5. The maximum atomic E-state index is 10.3. The standard InChI is InChI=1S/4C6H6O.4CH3O.2Ti/c4*7-6-4-2-1-3-5-6;4*1-2;;/h4*1-5,7H;4*1H3;;/q;;;;4*-1;2*+4/p-4. The molecule has 8 nitrogen and oxygen atoms in total. The minimum atomic E-state index is 0. The van der Waals surface area contributed by atoms with Gasteiger partial charge in [0.15, 0.2) is 0 Å². The third kappa shape index (κ3) is 40.5. The van der Waals surface area contributed by atoms with Crippen LogP contribution in [0.15, 0.2) is 121 Å². The van der Waals surface area contributed by atoms with E-state index in [0.29, 0.717) is 0 Å². The molecule has 0 saturated heterocycles. The number of para-hydroxylation sites is 4. The Labute approximate surface area is 255 Å². The molecule has 0 radical (unpaired) electrons. The molecule has 0 atom stereocenters. The first kappa shape index (κ1) is 48.4. The van der Waals surface area contributed by atoms with Gasteiger partial charge >= 0.3 is 43.4 Å². The van der Waals surface area contributed by atoms with E-state index in [9.17, 15) is 20.4 Å². The van der Waals surface area contributed by atoms with Crippen molar-refractivity contribution in [1.29, 1.82) is 0 Å². The molecule has 4 rings (SSSR count). The fraction of sp³-hybridized carbons (Fsp3) is 0.143. The van der Waals surface area contributed by atoms with Gasteiger partial charge in [0.25, 0.3) is 0 Å². The molecule has 0 aliphatic rings. The quantitative estimate of drug-likeness (QED) is 0.232. The molecular formula is C28H32O8Ti2. The molecular weight excluding hydrogens is 560 g/mol. The summed E-state index contributed by atoms with van der Waals surface area (Å²) in [5.41, 5.74) is 0. The third-order valence-electron chi connectivity index (χ3n) is 2.97. The second-order valence-electron chi connectivity index (χ2n) is 5.25. The van der Waals surface area contributed by atoms with Crippen molar-refractivity contribution in [3.63, 3.8) is 0 Å². The molecule has 4 aromatic rings. The van der Waals surface area contributed by atoms with Crippen molar-refractivity contribution in [3.8, 4) is 23.0 Å². The first-order valence-corrected chi connectivity index (χ1v) is 10.1. The average molecular weight is 592 g/mol. The van der Waals surface area contributed by atoms with E-state index in [0.717, 1.165) is 28.4 Å². The van der Waals surface area contributed by atoms with Crippen LogP contribution in [0.5, 0.6) is 23.0 Å². The van der Waals surface area contributed by atoms with Crippen LogP contribution in [0, 0.1) is 0 Å². The molecule has 0 aliphatic heterocycles. The molecule has 38 heavy (non-hydrogen) atoms. The van der Waals surface area contributed by atoms with Gasteiger partial charge in [0, 0.05) is 0 Å². The summed E-state index contributed by atoms with van der Waals surface area (Å²) in [6, 6.07) is 33.3. The Kier molecular flexibility index (Phi) is 56.5. The second-order valence-corrected chi connectivity index (χ2v) is 5.25. The van der Waals surface area contributed by atoms with Crippen LogP contribution in [0.25, 0.3) is 0 Å². The van der Waals surface area contributed by atoms with Crippen molar-refractivity contribution in [2.24, 2.45) is 0 Å². The smallest absolute Gasteiger partial charge is 0.872 e. The monoisotopic (exact) mass is 592 g/mol. The van der Waals surface area contributed by atoms with E-state index in [-0.39, 0.29) is 66.4 Å². The Morgan fingerprint density at radius 1 is 0.263 bits per heavy atom. The molecule has 0 aromatic heterocycles. The van der Waals surface area contributed by atoms with E-state index in [1.165, 1.54) is 48.5 Å². The molecule has 0 fully saturated rings. The Morgan fingerprint density at radius 2 is 0.368 bits per heavy atom. The normalized spacial score (nSPS) is 6.95. The molecule has 0 aliphatic carbocycles. The SMILES string of the molecule is C[O-].C[O-].C[O-].C[O-].[O-]c1ccccc1.[O-]c1ccccc1.[O-]c1ccccc1.[O-]c1ccccc1.[Ti+4].[Ti+4]. The molecule has 0 spiro atoms. The van der Waals surface area contributed by atoms with Gasteiger partial charge in [-0.2, -0.15) is 28.4 Å². The van der Waals surface area contributed by atoms with E-state index < -0.39 is 0 Å². The van der Waals surface area contributed by atoms with Crippen LogP contribution in [0.2, 0.25) is 0 Å². The topological polar surface area (TPSA) is 184 Å². The Hall–Kier alpha value is -2.65. The molecule has 200 valence electrons. The summed E-state index contributed by atoms with van der Waals surface area (Å²) in [5.74, 6) is 0.287. The van der Waals surface area contributed by atoms with Gasteiger partial charge in [0.2, 0.25) is 0 Å². The summed E-state index contributed by atoms with van der Waals surface area (Å²) in [4.78, 5) is 0. The summed E-state index contributed by atoms with van der Waals surface area (Å²) in [6.45, 7) is 0. The minimum absolute atomic E-state index is 0. The van der Waals surface area contributed by atoms with E-state index >= 15 is 0 Å². The number of hydrogen-bond donors (Lipinski definition) is 0. The van der Waals surface area contributed by atoms with Gasteiger partial charge in [-0.1, -0.05) is 121 Å². The van der Waals surface area contributed by atoms with Crippen molar-refractivity contribution in [2.45, 2.75) is 0 Å². The predicted octanol–water partition coefficient (Wildman–Crippen LogP) is -1.06. The minimum Gasteiger partial charge on any atom is -0.872 e. The molecule has 10 heteroatoms. The number of hydrogen-bond acceptors (Lipinski definition) is 8. The third-order valence-corrected chi connectivity index (χ3v) is 2.97. The van der Waals surface area contributed by atoms with Crippen molar-refractivity contribution in [3.05, 3.63) is 121 Å². The first-order valence-electron chi connectivity index (χ1n) is 10.1. The van der Waals surface area contributed by atoms with Crippen molar-refractivity contribution in [2.75, 3.05) is 28.4 Å². The number of benzene rings is 4. The van der Waals surface area contributed by atoms with Crippen LogP contribution in [0.3, 0.4) is 0 Å². The zero-order valence-corrected chi connectivity index (χ0v) is 24.9. The Bertz CT molecular complexity index is 709. The number of rotatable bonds is 0. The largest absolute Gasteiger partial charge is 4.00 e. The van der Waals surface area contributed by atoms with Gasteiger partial charge < -0.3 is 40.9 Å². The summed E-state index contributed by atoms with van der Waals surface area (Å²) in [7, 11) is 3.00. The van der Waals surface area contributed by atoms with Gasteiger partial charge in [-0.05, 0) is 0 Å². The summed E-state index contributed by atoms with van der Waals surface area (Å²) in [6.07, 6.45) is 0. The predicted molar refractivity (Wildman–Crippen MR) is 127 cm³/mol. The Balaban J connectivity index is -0.0000000811. The molecule has 0 N–H and O–H groups in total. The van der Waals surface area contributed by atoms with E-state index in [1.807, 2.05) is 24.3 Å². The molecule has 0 saturated carbocycles. The van der Waals surface area contributed by atoms with Crippen molar-refractivity contribution in [1.82, 2.24) is 0 Å². The zero-order valence-electron chi connectivity index (χ0n) is 21.8. The first-order chi connectivity index (χ1) is 17.6. The van der Waals surface area contributed by atoms with Crippen LogP contribution in [-0.2, 0) is 43.4 Å². The van der Waals surface area contributed by atoms with Gasteiger partial charge in [0.1, 0.15) is 0 Å². The molecule has 4 aromatic carbocycles. The maximum absolute atomic E-state index is 10.3.